The van der Waals surface area contributed by atoms with Crippen molar-refractivity contribution in [3.8, 4) is 0 Å². The van der Waals surface area contributed by atoms with Crippen LogP contribution in [0.3, 0.4) is 0 Å². The number of likely N-dealkylation sites (N-methyl/N-ethyl adjacent to an activating group) is 1. The van der Waals surface area contributed by atoms with Gasteiger partial charge in [-0.1, -0.05) is 0 Å². The molecule has 0 radical (unpaired) electrons. The minimum Gasteiger partial charge on any atom is -0.332 e. The normalized spacial score (nSPS) is 12.8. The molecule has 0 saturated heterocycles. The van der Waals surface area contributed by atoms with E-state index in [1.54, 1.807) is 0 Å². The predicted molar refractivity (Wildman–Crippen MR) is 67.2 cm³/mol. The maximum atomic E-state index is 6.09. The molecular weight excluding hydrogens is 200 g/mol. The van der Waals surface area contributed by atoms with Crippen molar-refractivity contribution in [3.63, 3.8) is 0 Å². The summed E-state index contributed by atoms with van der Waals surface area (Å²) < 4.78 is 2.14. The molecule has 0 aliphatic rings. The maximum absolute atomic E-state index is 6.09. The minimum atomic E-state index is -0.326. The van der Waals surface area contributed by atoms with E-state index >= 15 is 0 Å². The van der Waals surface area contributed by atoms with E-state index in [1.165, 1.54) is 0 Å². The number of rotatable bonds is 5. The first-order valence-corrected chi connectivity index (χ1v) is 5.82. The number of hydrogen-bond acceptors (Lipinski definition) is 3. The zero-order valence-corrected chi connectivity index (χ0v) is 11.1. The number of nitrogens with zero attached hydrogens (tertiary/aromatic N) is 3. The van der Waals surface area contributed by atoms with Gasteiger partial charge in [-0.3, -0.25) is 0 Å². The molecule has 0 fully saturated rings. The molecule has 2 N–H and O–H groups in total. The van der Waals surface area contributed by atoms with Crippen molar-refractivity contribution in [2.24, 2.45) is 5.73 Å². The van der Waals surface area contributed by atoms with Gasteiger partial charge in [0.15, 0.2) is 0 Å². The Balaban J connectivity index is 2.65. The van der Waals surface area contributed by atoms with Gasteiger partial charge in [0.1, 0.15) is 0 Å². The quantitative estimate of drug-likeness (QED) is 0.823. The van der Waals surface area contributed by atoms with Crippen LogP contribution in [0.4, 0.5) is 0 Å². The van der Waals surface area contributed by atoms with Crippen LogP contribution in [-0.2, 0) is 12.1 Å². The lowest BCUT2D eigenvalue weighted by Crippen LogP contribution is -2.34. The van der Waals surface area contributed by atoms with E-state index in [2.05, 4.69) is 35.3 Å². The van der Waals surface area contributed by atoms with Crippen molar-refractivity contribution >= 4 is 0 Å². The SMILES string of the molecule is CC(C)N(C)CCn1cncc1C(C)(C)N. The van der Waals surface area contributed by atoms with Crippen LogP contribution in [0.5, 0.6) is 0 Å². The van der Waals surface area contributed by atoms with E-state index in [4.69, 9.17) is 5.73 Å². The second-order valence-electron chi connectivity index (χ2n) is 5.27. The van der Waals surface area contributed by atoms with Crippen molar-refractivity contribution in [2.45, 2.75) is 45.8 Å². The van der Waals surface area contributed by atoms with E-state index in [0.29, 0.717) is 6.04 Å². The molecule has 0 bridgehead atoms. The van der Waals surface area contributed by atoms with Crippen molar-refractivity contribution < 1.29 is 0 Å². The Morgan fingerprint density at radius 1 is 1.50 bits per heavy atom. The summed E-state index contributed by atoms with van der Waals surface area (Å²) in [5.74, 6) is 0. The third-order valence-corrected chi connectivity index (χ3v) is 2.95. The molecule has 4 nitrogen and oxygen atoms in total. The molecule has 1 aromatic heterocycles. The zero-order valence-electron chi connectivity index (χ0n) is 11.1. The van der Waals surface area contributed by atoms with Gasteiger partial charge < -0.3 is 15.2 Å². The standard InChI is InChI=1S/C12H24N4/c1-10(2)15(5)6-7-16-9-14-8-11(16)12(3,4)13/h8-10H,6-7,13H2,1-5H3. The maximum Gasteiger partial charge on any atom is 0.0949 e. The van der Waals surface area contributed by atoms with E-state index in [-0.39, 0.29) is 5.54 Å². The van der Waals surface area contributed by atoms with Crippen molar-refractivity contribution in [1.29, 1.82) is 0 Å². The molecule has 0 spiro atoms. The fourth-order valence-corrected chi connectivity index (χ4v) is 1.56. The molecule has 0 saturated carbocycles. The van der Waals surface area contributed by atoms with Crippen LogP contribution in [0.1, 0.15) is 33.4 Å². The average molecular weight is 224 g/mol. The lowest BCUT2D eigenvalue weighted by Gasteiger charge is -2.24. The Labute approximate surface area is 98.5 Å². The summed E-state index contributed by atoms with van der Waals surface area (Å²) in [6.45, 7) is 10.4. The Hall–Kier alpha value is -0.870. The van der Waals surface area contributed by atoms with Crippen LogP contribution in [0, 0.1) is 0 Å². The number of hydrogen-bond donors (Lipinski definition) is 1. The summed E-state index contributed by atoms with van der Waals surface area (Å²) in [4.78, 5) is 6.49. The minimum absolute atomic E-state index is 0.326. The first-order valence-electron chi connectivity index (χ1n) is 5.82. The summed E-state index contributed by atoms with van der Waals surface area (Å²) in [6, 6.07) is 0.567. The van der Waals surface area contributed by atoms with Crippen molar-refractivity contribution in [2.75, 3.05) is 13.6 Å². The molecule has 1 aromatic rings. The van der Waals surface area contributed by atoms with Crippen LogP contribution in [0.15, 0.2) is 12.5 Å². The summed E-state index contributed by atoms with van der Waals surface area (Å²) >= 11 is 0. The highest BCUT2D eigenvalue weighted by molar-refractivity contribution is 5.09. The van der Waals surface area contributed by atoms with Gasteiger partial charge >= 0.3 is 0 Å². The monoisotopic (exact) mass is 224 g/mol. The summed E-state index contributed by atoms with van der Waals surface area (Å²) in [6.07, 6.45) is 3.72. The van der Waals surface area contributed by atoms with Crippen molar-refractivity contribution in [1.82, 2.24) is 14.5 Å². The number of nitrogens with two attached hydrogens (primary N) is 1. The Morgan fingerprint density at radius 2 is 2.12 bits per heavy atom. The summed E-state index contributed by atoms with van der Waals surface area (Å²) in [7, 11) is 2.13. The Kier molecular flexibility index (Phi) is 4.10. The highest BCUT2D eigenvalue weighted by Gasteiger charge is 2.18. The van der Waals surface area contributed by atoms with Crippen molar-refractivity contribution in [3.05, 3.63) is 18.2 Å². The predicted octanol–water partition coefficient (Wildman–Crippen LogP) is 1.42. The van der Waals surface area contributed by atoms with Gasteiger partial charge in [0, 0.05) is 25.3 Å². The number of aromatic nitrogens is 2. The molecule has 1 rings (SSSR count). The first kappa shape index (κ1) is 13.2. The zero-order chi connectivity index (χ0) is 12.3. The lowest BCUT2D eigenvalue weighted by molar-refractivity contribution is 0.260. The smallest absolute Gasteiger partial charge is 0.0949 e. The van der Waals surface area contributed by atoms with E-state index in [9.17, 15) is 0 Å². The Bertz CT molecular complexity index is 322. The average Bonchev–Trinajstić information content (AvgIpc) is 2.60. The van der Waals surface area contributed by atoms with Gasteiger partial charge in [0.05, 0.1) is 17.6 Å². The van der Waals surface area contributed by atoms with Crippen LogP contribution in [0.2, 0.25) is 0 Å². The molecular formula is C12H24N4. The molecule has 0 aromatic carbocycles. The second kappa shape index (κ2) is 4.97. The molecule has 0 unspecified atom stereocenters. The highest BCUT2D eigenvalue weighted by atomic mass is 15.2. The van der Waals surface area contributed by atoms with Crippen LogP contribution in [0.25, 0.3) is 0 Å². The third-order valence-electron chi connectivity index (χ3n) is 2.95. The first-order chi connectivity index (χ1) is 7.32. The molecule has 0 atom stereocenters. The fraction of sp³-hybridized carbons (Fsp3) is 0.750. The van der Waals surface area contributed by atoms with Gasteiger partial charge in [-0.15, -0.1) is 0 Å². The second-order valence-corrected chi connectivity index (χ2v) is 5.27. The number of imidazole rings is 1. The topological polar surface area (TPSA) is 47.1 Å². The highest BCUT2D eigenvalue weighted by Crippen LogP contribution is 2.15. The van der Waals surface area contributed by atoms with E-state index in [1.807, 2.05) is 26.4 Å². The van der Waals surface area contributed by atoms with Crippen LogP contribution in [-0.4, -0.2) is 34.1 Å². The molecule has 16 heavy (non-hydrogen) atoms. The third kappa shape index (κ3) is 3.32. The van der Waals surface area contributed by atoms with Crippen LogP contribution < -0.4 is 5.73 Å². The van der Waals surface area contributed by atoms with E-state index in [0.717, 1.165) is 18.8 Å². The largest absolute Gasteiger partial charge is 0.332 e. The van der Waals surface area contributed by atoms with E-state index < -0.39 is 0 Å². The molecule has 0 aliphatic carbocycles. The van der Waals surface area contributed by atoms with Gasteiger partial charge in [-0.25, -0.2) is 4.98 Å². The van der Waals surface area contributed by atoms with Gasteiger partial charge in [-0.2, -0.15) is 0 Å². The van der Waals surface area contributed by atoms with Crippen LogP contribution >= 0.6 is 0 Å². The molecule has 0 amide bonds. The summed E-state index contributed by atoms with van der Waals surface area (Å²) in [5, 5.41) is 0. The van der Waals surface area contributed by atoms with Gasteiger partial charge in [-0.05, 0) is 34.7 Å². The van der Waals surface area contributed by atoms with Gasteiger partial charge in [0.25, 0.3) is 0 Å². The molecule has 92 valence electrons. The Morgan fingerprint density at radius 3 is 2.62 bits per heavy atom. The van der Waals surface area contributed by atoms with Gasteiger partial charge in [0.2, 0.25) is 0 Å². The molecule has 0 aliphatic heterocycles. The molecule has 1 heterocycles. The fourth-order valence-electron chi connectivity index (χ4n) is 1.56. The summed E-state index contributed by atoms with van der Waals surface area (Å²) in [5.41, 5.74) is 6.85. The molecule has 4 heteroatoms. The lowest BCUT2D eigenvalue weighted by atomic mass is 10.0.